The third kappa shape index (κ3) is 4.81. The van der Waals surface area contributed by atoms with Crippen LogP contribution in [0.2, 0.25) is 0 Å². The molecule has 1 heterocycles. The Kier molecular flexibility index (Phi) is 6.98. The van der Waals surface area contributed by atoms with Gasteiger partial charge in [-0.1, -0.05) is 44.9 Å². The number of esters is 1. The van der Waals surface area contributed by atoms with Crippen LogP contribution in [-0.2, 0) is 14.3 Å². The van der Waals surface area contributed by atoms with Gasteiger partial charge in [-0.25, -0.2) is 14.6 Å². The van der Waals surface area contributed by atoms with Crippen molar-refractivity contribution in [2.75, 3.05) is 6.61 Å². The second kappa shape index (κ2) is 9.20. The standard InChI is InChI=1S/C19H26N2O4/c1-4-7-10-13(5-2)25-19(23)21-16-14-11-8-9-12-15(14)20-17(16)18(22)24-6-3/h8-9,11-13,16H,4-7,10H2,1-3H3,(H,21,23). The fraction of sp³-hybridized carbons (Fsp3) is 0.526. The van der Waals surface area contributed by atoms with Gasteiger partial charge in [0.05, 0.1) is 12.3 Å². The first-order valence-electron chi connectivity index (χ1n) is 8.92. The zero-order valence-electron chi connectivity index (χ0n) is 15.1. The minimum absolute atomic E-state index is 0.125. The molecule has 25 heavy (non-hydrogen) atoms. The number of hydrogen-bond acceptors (Lipinski definition) is 5. The van der Waals surface area contributed by atoms with Gasteiger partial charge in [-0.3, -0.25) is 0 Å². The van der Waals surface area contributed by atoms with Crippen LogP contribution >= 0.6 is 0 Å². The molecule has 1 amide bonds. The first-order chi connectivity index (χ1) is 12.1. The molecule has 2 unspecified atom stereocenters. The van der Waals surface area contributed by atoms with Crippen LogP contribution in [0.4, 0.5) is 10.5 Å². The Morgan fingerprint density at radius 3 is 2.68 bits per heavy atom. The average Bonchev–Trinajstić information content (AvgIpc) is 2.97. The Balaban J connectivity index is 2.10. The molecule has 6 nitrogen and oxygen atoms in total. The van der Waals surface area contributed by atoms with Gasteiger partial charge in [0, 0.05) is 5.56 Å². The fourth-order valence-electron chi connectivity index (χ4n) is 2.77. The van der Waals surface area contributed by atoms with E-state index in [-0.39, 0.29) is 18.4 Å². The van der Waals surface area contributed by atoms with Crippen molar-refractivity contribution in [3.05, 3.63) is 29.8 Å². The minimum Gasteiger partial charge on any atom is -0.461 e. The summed E-state index contributed by atoms with van der Waals surface area (Å²) in [5.41, 5.74) is 1.61. The highest BCUT2D eigenvalue weighted by Crippen LogP contribution is 2.34. The number of nitrogens with zero attached hydrogens (tertiary/aromatic N) is 1. The molecule has 1 aromatic carbocycles. The highest BCUT2D eigenvalue weighted by atomic mass is 16.6. The lowest BCUT2D eigenvalue weighted by Crippen LogP contribution is -2.38. The minimum atomic E-state index is -0.647. The normalized spacial score (nSPS) is 16.6. The van der Waals surface area contributed by atoms with Crippen LogP contribution in [0.3, 0.4) is 0 Å². The van der Waals surface area contributed by atoms with Crippen LogP contribution in [0.1, 0.15) is 58.1 Å². The van der Waals surface area contributed by atoms with E-state index in [0.717, 1.165) is 31.2 Å². The summed E-state index contributed by atoms with van der Waals surface area (Å²) >= 11 is 0. The summed E-state index contributed by atoms with van der Waals surface area (Å²) < 4.78 is 10.6. The number of ether oxygens (including phenoxy) is 2. The Labute approximate surface area is 148 Å². The van der Waals surface area contributed by atoms with Crippen molar-refractivity contribution in [2.24, 2.45) is 4.99 Å². The maximum atomic E-state index is 12.3. The van der Waals surface area contributed by atoms with Gasteiger partial charge in [-0.15, -0.1) is 0 Å². The van der Waals surface area contributed by atoms with Crippen LogP contribution in [0, 0.1) is 0 Å². The van der Waals surface area contributed by atoms with E-state index in [1.165, 1.54) is 0 Å². The average molecular weight is 346 g/mol. The van der Waals surface area contributed by atoms with Crippen molar-refractivity contribution in [2.45, 2.75) is 58.6 Å². The number of rotatable bonds is 8. The van der Waals surface area contributed by atoms with E-state index < -0.39 is 18.1 Å². The predicted octanol–water partition coefficient (Wildman–Crippen LogP) is 4.07. The first-order valence-corrected chi connectivity index (χ1v) is 8.92. The molecule has 0 bridgehead atoms. The van der Waals surface area contributed by atoms with Crippen LogP contribution in [0.25, 0.3) is 0 Å². The highest BCUT2D eigenvalue weighted by molar-refractivity contribution is 6.40. The van der Waals surface area contributed by atoms with Crippen LogP contribution in [-0.4, -0.2) is 30.5 Å². The van der Waals surface area contributed by atoms with E-state index >= 15 is 0 Å². The molecule has 136 valence electrons. The summed E-state index contributed by atoms with van der Waals surface area (Å²) in [5.74, 6) is -0.526. The third-order valence-electron chi connectivity index (χ3n) is 4.12. The number of para-hydroxylation sites is 1. The van der Waals surface area contributed by atoms with Gasteiger partial charge in [-0.2, -0.15) is 0 Å². The highest BCUT2D eigenvalue weighted by Gasteiger charge is 2.34. The summed E-state index contributed by atoms with van der Waals surface area (Å²) in [6, 6.07) is 6.68. The number of benzene rings is 1. The van der Waals surface area contributed by atoms with Crippen molar-refractivity contribution < 1.29 is 19.1 Å². The van der Waals surface area contributed by atoms with E-state index in [0.29, 0.717) is 5.69 Å². The second-order valence-corrected chi connectivity index (χ2v) is 5.93. The molecule has 0 spiro atoms. The molecule has 2 rings (SSSR count). The second-order valence-electron chi connectivity index (χ2n) is 5.93. The van der Waals surface area contributed by atoms with Crippen molar-refractivity contribution in [1.82, 2.24) is 5.32 Å². The molecule has 0 aliphatic carbocycles. The van der Waals surface area contributed by atoms with Gasteiger partial charge < -0.3 is 14.8 Å². The predicted molar refractivity (Wildman–Crippen MR) is 96.1 cm³/mol. The lowest BCUT2D eigenvalue weighted by atomic mass is 10.0. The van der Waals surface area contributed by atoms with E-state index in [4.69, 9.17) is 9.47 Å². The van der Waals surface area contributed by atoms with E-state index in [1.54, 1.807) is 13.0 Å². The molecule has 0 aromatic heterocycles. The maximum absolute atomic E-state index is 12.3. The van der Waals surface area contributed by atoms with Crippen LogP contribution < -0.4 is 5.32 Å². The first kappa shape index (κ1) is 19.0. The maximum Gasteiger partial charge on any atom is 0.408 e. The molecular weight excluding hydrogens is 320 g/mol. The number of unbranched alkanes of at least 4 members (excludes halogenated alkanes) is 1. The summed E-state index contributed by atoms with van der Waals surface area (Å²) in [6.45, 7) is 6.07. The SMILES string of the molecule is CCCCC(CC)OC(=O)NC1C(C(=O)OCC)=Nc2ccccc21. The molecule has 1 N–H and O–H groups in total. The molecule has 0 fully saturated rings. The van der Waals surface area contributed by atoms with Gasteiger partial charge >= 0.3 is 12.1 Å². The number of amides is 1. The number of carbonyl (C=O) groups excluding carboxylic acids is 2. The molecular formula is C19H26N2O4. The number of alkyl carbamates (subject to hydrolysis) is 1. The van der Waals surface area contributed by atoms with Gasteiger partial charge in [0.1, 0.15) is 12.1 Å². The van der Waals surface area contributed by atoms with Gasteiger partial charge in [0.25, 0.3) is 0 Å². The monoisotopic (exact) mass is 346 g/mol. The van der Waals surface area contributed by atoms with E-state index in [2.05, 4.69) is 17.2 Å². The fourth-order valence-corrected chi connectivity index (χ4v) is 2.77. The van der Waals surface area contributed by atoms with Crippen molar-refractivity contribution in [3.63, 3.8) is 0 Å². The van der Waals surface area contributed by atoms with E-state index in [9.17, 15) is 9.59 Å². The Hall–Kier alpha value is -2.37. The number of hydrogen-bond donors (Lipinski definition) is 1. The van der Waals surface area contributed by atoms with E-state index in [1.807, 2.05) is 25.1 Å². The number of nitrogens with one attached hydrogen (secondary N) is 1. The number of aliphatic imine (C=N–C) groups is 1. The summed E-state index contributed by atoms with van der Waals surface area (Å²) in [6.07, 6.45) is 2.99. The topological polar surface area (TPSA) is 77.0 Å². The third-order valence-corrected chi connectivity index (χ3v) is 4.12. The summed E-state index contributed by atoms with van der Waals surface area (Å²) in [7, 11) is 0. The van der Waals surface area contributed by atoms with Gasteiger partial charge in [-0.05, 0) is 25.8 Å². The van der Waals surface area contributed by atoms with Crippen LogP contribution in [0.5, 0.6) is 0 Å². The van der Waals surface area contributed by atoms with Crippen molar-refractivity contribution in [1.29, 1.82) is 0 Å². The Bertz CT molecular complexity index is 642. The molecule has 0 saturated heterocycles. The number of fused-ring (bicyclic) bond motifs is 1. The quantitative estimate of drug-likeness (QED) is 0.720. The molecule has 6 heteroatoms. The molecule has 2 atom stereocenters. The zero-order chi connectivity index (χ0) is 18.2. The molecule has 1 aliphatic rings. The van der Waals surface area contributed by atoms with Gasteiger partial charge in [0.2, 0.25) is 0 Å². The lowest BCUT2D eigenvalue weighted by molar-refractivity contribution is -0.135. The molecule has 0 radical (unpaired) electrons. The lowest BCUT2D eigenvalue weighted by Gasteiger charge is -2.20. The Morgan fingerprint density at radius 2 is 2.00 bits per heavy atom. The zero-order valence-corrected chi connectivity index (χ0v) is 15.1. The summed E-state index contributed by atoms with van der Waals surface area (Å²) in [5, 5.41) is 2.77. The Morgan fingerprint density at radius 1 is 1.24 bits per heavy atom. The van der Waals surface area contributed by atoms with Crippen LogP contribution in [0.15, 0.2) is 29.3 Å². The van der Waals surface area contributed by atoms with Crippen molar-refractivity contribution in [3.8, 4) is 0 Å². The largest absolute Gasteiger partial charge is 0.461 e. The molecule has 1 aromatic rings. The molecule has 1 aliphatic heterocycles. The number of carbonyl (C=O) groups is 2. The smallest absolute Gasteiger partial charge is 0.408 e. The summed E-state index contributed by atoms with van der Waals surface area (Å²) in [4.78, 5) is 28.8. The van der Waals surface area contributed by atoms with Crippen molar-refractivity contribution >= 4 is 23.5 Å². The molecule has 0 saturated carbocycles. The van der Waals surface area contributed by atoms with Gasteiger partial charge in [0.15, 0.2) is 5.71 Å².